The van der Waals surface area contributed by atoms with Crippen LogP contribution in [0.4, 0.5) is 0 Å². The maximum absolute atomic E-state index is 13.4. The van der Waals surface area contributed by atoms with Gasteiger partial charge in [0, 0.05) is 18.0 Å². The fraction of sp³-hybridized carbons (Fsp3) is 0.200. The number of aromatic nitrogens is 5. The molecule has 0 saturated carbocycles. The number of oxazole rings is 1. The summed E-state index contributed by atoms with van der Waals surface area (Å²) >= 11 is 4.81. The Labute approximate surface area is 224 Å². The maximum atomic E-state index is 13.4. The second-order valence-corrected chi connectivity index (χ2v) is 10.8. The Hall–Kier alpha value is -3.74. The Balaban J connectivity index is 1.47. The molecule has 5 aromatic rings. The molecule has 2 N–H and O–H groups in total. The molecule has 4 aromatic heterocycles. The third-order valence-electron chi connectivity index (χ3n) is 5.54. The average Bonchev–Trinajstić information content (AvgIpc) is 3.66. The molecule has 1 aromatic carbocycles. The standard InChI is InChI=1S/C25H22BrN7O3S/c1-25(27,12-15-6-4-3-5-7-15)23-32-31-21(36-23)19-11-16(10-18(30-19)20-28-8-9-35-20)22(34)33(2)13-17-14-37-24(26)29-17/h3-11,14H,12-13,27H2,1-2H3. The molecule has 4 heterocycles. The van der Waals surface area contributed by atoms with E-state index in [-0.39, 0.29) is 23.6 Å². The Morgan fingerprint density at radius 2 is 1.89 bits per heavy atom. The number of halogens is 1. The first-order valence-corrected chi connectivity index (χ1v) is 12.9. The van der Waals surface area contributed by atoms with E-state index in [9.17, 15) is 4.79 Å². The molecule has 1 unspecified atom stereocenters. The molecular weight excluding hydrogens is 558 g/mol. The second kappa shape index (κ2) is 10.3. The van der Waals surface area contributed by atoms with Gasteiger partial charge in [-0.2, -0.15) is 0 Å². The van der Waals surface area contributed by atoms with Crippen molar-refractivity contribution >= 4 is 33.2 Å². The fourth-order valence-corrected chi connectivity index (χ4v) is 4.80. The van der Waals surface area contributed by atoms with Gasteiger partial charge < -0.3 is 19.5 Å². The number of benzene rings is 1. The Kier molecular flexibility index (Phi) is 6.96. The Morgan fingerprint density at radius 1 is 1.14 bits per heavy atom. The first-order valence-electron chi connectivity index (χ1n) is 11.2. The molecule has 0 aliphatic heterocycles. The fourth-order valence-electron chi connectivity index (χ4n) is 3.77. The summed E-state index contributed by atoms with van der Waals surface area (Å²) < 4.78 is 12.2. The van der Waals surface area contributed by atoms with E-state index in [1.165, 1.54) is 23.8 Å². The van der Waals surface area contributed by atoms with Crippen molar-refractivity contribution in [2.75, 3.05) is 7.05 Å². The largest absolute Gasteiger partial charge is 0.443 e. The van der Waals surface area contributed by atoms with Gasteiger partial charge in [0.2, 0.25) is 11.8 Å². The van der Waals surface area contributed by atoms with Crippen molar-refractivity contribution in [3.8, 4) is 23.2 Å². The van der Waals surface area contributed by atoms with Crippen LogP contribution in [0.3, 0.4) is 0 Å². The molecule has 188 valence electrons. The first-order chi connectivity index (χ1) is 17.8. The molecule has 1 atom stereocenters. The molecule has 0 aliphatic carbocycles. The van der Waals surface area contributed by atoms with E-state index in [1.54, 1.807) is 24.1 Å². The van der Waals surface area contributed by atoms with E-state index in [1.807, 2.05) is 42.6 Å². The highest BCUT2D eigenvalue weighted by atomic mass is 79.9. The van der Waals surface area contributed by atoms with Crippen molar-refractivity contribution in [2.24, 2.45) is 5.73 Å². The summed E-state index contributed by atoms with van der Waals surface area (Å²) in [6, 6.07) is 13.0. The highest BCUT2D eigenvalue weighted by Gasteiger charge is 2.29. The molecular formula is C25H22BrN7O3S. The zero-order valence-corrected chi connectivity index (χ0v) is 22.4. The topological polar surface area (TPSA) is 137 Å². The lowest BCUT2D eigenvalue weighted by molar-refractivity contribution is 0.0783. The highest BCUT2D eigenvalue weighted by Crippen LogP contribution is 2.28. The lowest BCUT2D eigenvalue weighted by atomic mass is 9.94. The number of hydrogen-bond donors (Lipinski definition) is 1. The van der Waals surface area contributed by atoms with Gasteiger partial charge in [0.1, 0.15) is 17.7 Å². The molecule has 0 fully saturated rings. The Bertz CT molecular complexity index is 1520. The van der Waals surface area contributed by atoms with Gasteiger partial charge in [-0.1, -0.05) is 30.3 Å². The quantitative estimate of drug-likeness (QED) is 0.277. The molecule has 0 radical (unpaired) electrons. The number of hydrogen-bond acceptors (Lipinski definition) is 10. The number of nitrogens with two attached hydrogens (primary N) is 1. The van der Waals surface area contributed by atoms with Gasteiger partial charge in [-0.3, -0.25) is 4.79 Å². The van der Waals surface area contributed by atoms with Crippen molar-refractivity contribution in [3.63, 3.8) is 0 Å². The zero-order chi connectivity index (χ0) is 26.0. The monoisotopic (exact) mass is 579 g/mol. The molecule has 5 rings (SSSR count). The lowest BCUT2D eigenvalue weighted by Crippen LogP contribution is -2.35. The summed E-state index contributed by atoms with van der Waals surface area (Å²) in [6.45, 7) is 2.16. The van der Waals surface area contributed by atoms with Crippen LogP contribution in [-0.4, -0.2) is 43.0 Å². The normalized spacial score (nSPS) is 12.9. The van der Waals surface area contributed by atoms with Gasteiger partial charge in [-0.25, -0.2) is 15.0 Å². The van der Waals surface area contributed by atoms with Crippen molar-refractivity contribution < 1.29 is 13.6 Å². The molecule has 1 amide bonds. The molecule has 12 heteroatoms. The van der Waals surface area contributed by atoms with Gasteiger partial charge >= 0.3 is 0 Å². The van der Waals surface area contributed by atoms with Crippen LogP contribution in [0.25, 0.3) is 23.2 Å². The van der Waals surface area contributed by atoms with Crippen LogP contribution in [0.2, 0.25) is 0 Å². The second-order valence-electron chi connectivity index (χ2n) is 8.71. The summed E-state index contributed by atoms with van der Waals surface area (Å²) in [6.07, 6.45) is 3.44. The zero-order valence-electron chi connectivity index (χ0n) is 20.0. The molecule has 0 aliphatic rings. The lowest BCUT2D eigenvalue weighted by Gasteiger charge is -2.20. The van der Waals surface area contributed by atoms with Crippen LogP contribution >= 0.6 is 27.3 Å². The van der Waals surface area contributed by atoms with Crippen LogP contribution in [-0.2, 0) is 18.5 Å². The maximum Gasteiger partial charge on any atom is 0.266 e. The van der Waals surface area contributed by atoms with Crippen molar-refractivity contribution in [1.82, 2.24) is 30.0 Å². The third-order valence-corrected chi connectivity index (χ3v) is 6.95. The van der Waals surface area contributed by atoms with Gasteiger partial charge in [0.15, 0.2) is 3.92 Å². The van der Waals surface area contributed by atoms with Crippen LogP contribution in [0.5, 0.6) is 0 Å². The smallest absolute Gasteiger partial charge is 0.266 e. The minimum atomic E-state index is -0.909. The molecule has 10 nitrogen and oxygen atoms in total. The van der Waals surface area contributed by atoms with Crippen LogP contribution in [0.15, 0.2) is 73.1 Å². The summed E-state index contributed by atoms with van der Waals surface area (Å²) in [5.74, 6) is 0.407. The molecule has 0 bridgehead atoms. The number of carbonyl (C=O) groups excluding carboxylic acids is 1. The van der Waals surface area contributed by atoms with E-state index in [2.05, 4.69) is 41.1 Å². The minimum Gasteiger partial charge on any atom is -0.443 e. The number of carbonyl (C=O) groups is 1. The van der Waals surface area contributed by atoms with Gasteiger partial charge in [0.25, 0.3) is 11.8 Å². The predicted octanol–water partition coefficient (Wildman–Crippen LogP) is 4.69. The first kappa shape index (κ1) is 24.9. The molecule has 37 heavy (non-hydrogen) atoms. The Morgan fingerprint density at radius 3 is 2.57 bits per heavy atom. The summed E-state index contributed by atoms with van der Waals surface area (Å²) in [5, 5.41) is 10.3. The number of amides is 1. The van der Waals surface area contributed by atoms with Crippen molar-refractivity contribution in [1.29, 1.82) is 0 Å². The molecule has 0 saturated heterocycles. The summed E-state index contributed by atoms with van der Waals surface area (Å²) in [4.78, 5) is 28.0. The van der Waals surface area contributed by atoms with Crippen LogP contribution in [0.1, 0.15) is 34.4 Å². The number of pyridine rings is 1. The van der Waals surface area contributed by atoms with E-state index in [0.29, 0.717) is 29.9 Å². The number of thiazole rings is 1. The number of nitrogens with zero attached hydrogens (tertiary/aromatic N) is 6. The van der Waals surface area contributed by atoms with Crippen LogP contribution < -0.4 is 5.73 Å². The SMILES string of the molecule is CN(Cc1csc(Br)n1)C(=O)c1cc(-c2ncco2)nc(-c2nnc(C(C)(N)Cc3ccccc3)o2)c1. The van der Waals surface area contributed by atoms with Gasteiger partial charge in [0.05, 0.1) is 24.0 Å². The minimum absolute atomic E-state index is 0.133. The van der Waals surface area contributed by atoms with E-state index >= 15 is 0 Å². The summed E-state index contributed by atoms with van der Waals surface area (Å²) in [5.41, 5.74) is 8.47. The number of rotatable bonds is 8. The average molecular weight is 580 g/mol. The van der Waals surface area contributed by atoms with E-state index in [4.69, 9.17) is 14.6 Å². The van der Waals surface area contributed by atoms with E-state index < -0.39 is 5.54 Å². The van der Waals surface area contributed by atoms with Gasteiger partial charge in [-0.15, -0.1) is 21.5 Å². The van der Waals surface area contributed by atoms with Crippen LogP contribution in [0, 0.1) is 0 Å². The van der Waals surface area contributed by atoms with Crippen molar-refractivity contribution in [3.05, 3.63) is 86.9 Å². The summed E-state index contributed by atoms with van der Waals surface area (Å²) in [7, 11) is 1.70. The third kappa shape index (κ3) is 5.66. The van der Waals surface area contributed by atoms with E-state index in [0.717, 1.165) is 15.2 Å². The molecule has 0 spiro atoms. The van der Waals surface area contributed by atoms with Crippen molar-refractivity contribution in [2.45, 2.75) is 25.4 Å². The van der Waals surface area contributed by atoms with Gasteiger partial charge in [-0.05, 0) is 47.0 Å². The predicted molar refractivity (Wildman–Crippen MR) is 140 cm³/mol. The highest BCUT2D eigenvalue weighted by molar-refractivity contribution is 9.11.